The van der Waals surface area contributed by atoms with Crippen LogP contribution in [0.5, 0.6) is 5.75 Å². The summed E-state index contributed by atoms with van der Waals surface area (Å²) < 4.78 is 7.29. The second-order valence-corrected chi connectivity index (χ2v) is 5.87. The van der Waals surface area contributed by atoms with Gasteiger partial charge in [-0.25, -0.2) is 4.98 Å². The van der Waals surface area contributed by atoms with Crippen LogP contribution in [0.3, 0.4) is 0 Å². The predicted molar refractivity (Wildman–Crippen MR) is 86.0 cm³/mol. The number of rotatable bonds is 6. The topological polar surface area (TPSA) is 60.2 Å². The molecule has 5 nitrogen and oxygen atoms in total. The van der Waals surface area contributed by atoms with E-state index in [1.165, 1.54) is 0 Å². The van der Waals surface area contributed by atoms with E-state index in [-0.39, 0.29) is 6.61 Å². The Labute approximate surface area is 132 Å². The molecule has 3 rings (SSSR count). The van der Waals surface area contributed by atoms with Crippen molar-refractivity contribution in [2.45, 2.75) is 19.6 Å². The van der Waals surface area contributed by atoms with E-state index in [1.807, 2.05) is 48.8 Å². The maximum absolute atomic E-state index is 9.92. The maximum atomic E-state index is 9.92. The van der Waals surface area contributed by atoms with Gasteiger partial charge in [0.25, 0.3) is 0 Å². The summed E-state index contributed by atoms with van der Waals surface area (Å²) in [5, 5.41) is 17.0. The Morgan fingerprint density at radius 1 is 1.32 bits per heavy atom. The smallest absolute Gasteiger partial charge is 0.123 e. The third-order valence-electron chi connectivity index (χ3n) is 3.12. The molecule has 114 valence electrons. The lowest BCUT2D eigenvalue weighted by Gasteiger charge is -2.12. The average Bonchev–Trinajstić information content (AvgIpc) is 3.17. The molecule has 3 aromatic rings. The van der Waals surface area contributed by atoms with Crippen molar-refractivity contribution < 1.29 is 9.84 Å². The quantitative estimate of drug-likeness (QED) is 0.760. The Hall–Kier alpha value is -2.18. The predicted octanol–water partition coefficient (Wildman–Crippen LogP) is 2.75. The largest absolute Gasteiger partial charge is 0.491 e. The number of hydrogen-bond donors (Lipinski definition) is 1. The lowest BCUT2D eigenvalue weighted by molar-refractivity contribution is 0.0893. The van der Waals surface area contributed by atoms with E-state index in [1.54, 1.807) is 22.2 Å². The number of ether oxygens (including phenoxy) is 1. The Balaban J connectivity index is 1.55. The van der Waals surface area contributed by atoms with Gasteiger partial charge in [0.1, 0.15) is 23.5 Å². The van der Waals surface area contributed by atoms with Crippen molar-refractivity contribution in [3.05, 3.63) is 53.8 Å². The van der Waals surface area contributed by atoms with Crippen LogP contribution in [0.15, 0.2) is 48.1 Å². The Morgan fingerprint density at radius 2 is 2.14 bits per heavy atom. The van der Waals surface area contributed by atoms with E-state index in [2.05, 4.69) is 10.1 Å². The van der Waals surface area contributed by atoms with Gasteiger partial charge in [-0.3, -0.25) is 4.68 Å². The van der Waals surface area contributed by atoms with Crippen LogP contribution in [0.1, 0.15) is 5.69 Å². The van der Waals surface area contributed by atoms with Crippen LogP contribution in [0, 0.1) is 6.92 Å². The van der Waals surface area contributed by atoms with Crippen LogP contribution in [-0.2, 0) is 6.54 Å². The lowest BCUT2D eigenvalue weighted by atomic mass is 10.2. The summed E-state index contributed by atoms with van der Waals surface area (Å²) in [5.74, 6) is 0.733. The molecule has 0 aliphatic heterocycles. The van der Waals surface area contributed by atoms with E-state index >= 15 is 0 Å². The minimum Gasteiger partial charge on any atom is -0.491 e. The summed E-state index contributed by atoms with van der Waals surface area (Å²) in [7, 11) is 0. The third kappa shape index (κ3) is 3.72. The summed E-state index contributed by atoms with van der Waals surface area (Å²) in [6.45, 7) is 2.64. The highest BCUT2D eigenvalue weighted by Crippen LogP contribution is 2.25. The molecule has 1 N–H and O–H groups in total. The van der Waals surface area contributed by atoms with Gasteiger partial charge in [-0.15, -0.1) is 11.3 Å². The van der Waals surface area contributed by atoms with Crippen molar-refractivity contribution in [2.24, 2.45) is 0 Å². The SMILES string of the molecule is Cc1csc(-c2ccc(OCC(O)Cn3cccn3)cc2)n1. The highest BCUT2D eigenvalue weighted by atomic mass is 32.1. The average molecular weight is 315 g/mol. The van der Waals surface area contributed by atoms with E-state index < -0.39 is 6.10 Å². The van der Waals surface area contributed by atoms with Crippen molar-refractivity contribution >= 4 is 11.3 Å². The molecule has 1 unspecified atom stereocenters. The number of aliphatic hydroxyl groups is 1. The number of nitrogens with zero attached hydrogens (tertiary/aromatic N) is 3. The van der Waals surface area contributed by atoms with Crippen LogP contribution in [-0.4, -0.2) is 32.6 Å². The first-order valence-electron chi connectivity index (χ1n) is 7.01. The molecule has 0 fully saturated rings. The van der Waals surface area contributed by atoms with Crippen LogP contribution < -0.4 is 4.74 Å². The summed E-state index contributed by atoms with van der Waals surface area (Å²) in [5.41, 5.74) is 2.10. The molecule has 0 spiro atoms. The fourth-order valence-electron chi connectivity index (χ4n) is 2.05. The standard InChI is InChI=1S/C16H17N3O2S/c1-12-11-22-16(18-12)13-3-5-15(6-4-13)21-10-14(20)9-19-8-2-7-17-19/h2-8,11,14,20H,9-10H2,1H3. The number of hydrogen-bond acceptors (Lipinski definition) is 5. The monoisotopic (exact) mass is 315 g/mol. The molecule has 0 saturated heterocycles. The number of aryl methyl sites for hydroxylation is 1. The second kappa shape index (κ2) is 6.72. The number of benzene rings is 1. The maximum Gasteiger partial charge on any atom is 0.123 e. The molecule has 6 heteroatoms. The van der Waals surface area contributed by atoms with Crippen molar-refractivity contribution in [3.63, 3.8) is 0 Å². The molecule has 0 bridgehead atoms. The Bertz CT molecular complexity index is 707. The van der Waals surface area contributed by atoms with Gasteiger partial charge in [-0.2, -0.15) is 5.10 Å². The van der Waals surface area contributed by atoms with E-state index in [0.29, 0.717) is 6.54 Å². The molecule has 0 amide bonds. The summed E-state index contributed by atoms with van der Waals surface area (Å²) in [6.07, 6.45) is 2.90. The minimum atomic E-state index is -0.596. The molecular formula is C16H17N3O2S. The zero-order valence-electron chi connectivity index (χ0n) is 12.2. The molecule has 0 saturated carbocycles. The van der Waals surface area contributed by atoms with Crippen molar-refractivity contribution in [1.29, 1.82) is 0 Å². The van der Waals surface area contributed by atoms with Gasteiger partial charge < -0.3 is 9.84 Å². The molecule has 2 heterocycles. The Kier molecular flexibility index (Phi) is 4.50. The fourth-order valence-corrected chi connectivity index (χ4v) is 2.85. The lowest BCUT2D eigenvalue weighted by Crippen LogP contribution is -2.23. The molecule has 1 aromatic carbocycles. The Morgan fingerprint density at radius 3 is 2.77 bits per heavy atom. The van der Waals surface area contributed by atoms with Gasteiger partial charge in [-0.05, 0) is 37.3 Å². The second-order valence-electron chi connectivity index (χ2n) is 5.01. The molecular weight excluding hydrogens is 298 g/mol. The normalized spacial score (nSPS) is 12.3. The van der Waals surface area contributed by atoms with E-state index in [0.717, 1.165) is 22.0 Å². The van der Waals surface area contributed by atoms with Crippen molar-refractivity contribution in [1.82, 2.24) is 14.8 Å². The van der Waals surface area contributed by atoms with Gasteiger partial charge in [0.05, 0.1) is 6.54 Å². The number of aromatic nitrogens is 3. The van der Waals surface area contributed by atoms with Crippen LogP contribution in [0.25, 0.3) is 10.6 Å². The molecule has 22 heavy (non-hydrogen) atoms. The van der Waals surface area contributed by atoms with Gasteiger partial charge >= 0.3 is 0 Å². The van der Waals surface area contributed by atoms with Crippen LogP contribution in [0.2, 0.25) is 0 Å². The first-order chi connectivity index (χ1) is 10.7. The fraction of sp³-hybridized carbons (Fsp3) is 0.250. The highest BCUT2D eigenvalue weighted by Gasteiger charge is 2.07. The van der Waals surface area contributed by atoms with E-state index in [9.17, 15) is 5.11 Å². The number of aliphatic hydroxyl groups excluding tert-OH is 1. The first kappa shape index (κ1) is 14.7. The van der Waals surface area contributed by atoms with Gasteiger partial charge in [0, 0.05) is 29.0 Å². The first-order valence-corrected chi connectivity index (χ1v) is 7.89. The molecule has 0 radical (unpaired) electrons. The highest BCUT2D eigenvalue weighted by molar-refractivity contribution is 7.13. The van der Waals surface area contributed by atoms with Crippen LogP contribution >= 0.6 is 11.3 Å². The molecule has 1 atom stereocenters. The summed E-state index contributed by atoms with van der Waals surface area (Å²) >= 11 is 1.63. The summed E-state index contributed by atoms with van der Waals surface area (Å²) in [4.78, 5) is 4.45. The molecule has 0 aliphatic carbocycles. The van der Waals surface area contributed by atoms with Crippen LogP contribution in [0.4, 0.5) is 0 Å². The zero-order valence-corrected chi connectivity index (χ0v) is 13.0. The molecule has 2 aromatic heterocycles. The summed E-state index contributed by atoms with van der Waals surface area (Å²) in [6, 6.07) is 9.58. The number of thiazole rings is 1. The van der Waals surface area contributed by atoms with Crippen molar-refractivity contribution in [3.8, 4) is 16.3 Å². The zero-order chi connectivity index (χ0) is 15.4. The minimum absolute atomic E-state index is 0.232. The van der Waals surface area contributed by atoms with Crippen molar-refractivity contribution in [2.75, 3.05) is 6.61 Å². The van der Waals surface area contributed by atoms with Gasteiger partial charge in [0.2, 0.25) is 0 Å². The van der Waals surface area contributed by atoms with Gasteiger partial charge in [0.15, 0.2) is 0 Å². The van der Waals surface area contributed by atoms with Gasteiger partial charge in [-0.1, -0.05) is 0 Å². The molecule has 0 aliphatic rings. The third-order valence-corrected chi connectivity index (χ3v) is 4.13. The van der Waals surface area contributed by atoms with E-state index in [4.69, 9.17) is 4.74 Å².